The predicted molar refractivity (Wildman–Crippen MR) is 98.9 cm³/mol. The van der Waals surface area contributed by atoms with E-state index < -0.39 is 0 Å². The Bertz CT molecular complexity index is 573. The summed E-state index contributed by atoms with van der Waals surface area (Å²) in [6.45, 7) is 9.57. The zero-order chi connectivity index (χ0) is 17.1. The fourth-order valence-electron chi connectivity index (χ4n) is 3.88. The van der Waals surface area contributed by atoms with E-state index in [4.69, 9.17) is 0 Å². The van der Waals surface area contributed by atoms with E-state index in [1.807, 2.05) is 0 Å². The number of nitrogens with one attached hydrogen (secondary N) is 1. The van der Waals surface area contributed by atoms with Gasteiger partial charge in [-0.2, -0.15) is 0 Å². The van der Waals surface area contributed by atoms with Crippen LogP contribution >= 0.6 is 0 Å². The lowest BCUT2D eigenvalue weighted by Gasteiger charge is -2.30. The van der Waals surface area contributed by atoms with Gasteiger partial charge in [0.2, 0.25) is 5.91 Å². The number of piperidine rings is 1. The summed E-state index contributed by atoms with van der Waals surface area (Å²) in [4.78, 5) is 15.1. The second kappa shape index (κ2) is 7.69. The molecule has 1 aromatic carbocycles. The highest BCUT2D eigenvalue weighted by Crippen LogP contribution is 2.31. The Labute approximate surface area is 146 Å². The summed E-state index contributed by atoms with van der Waals surface area (Å²) in [7, 11) is 0. The molecule has 1 aromatic rings. The minimum Gasteiger partial charge on any atom is -0.335 e. The van der Waals surface area contributed by atoms with E-state index in [2.05, 4.69) is 49.2 Å². The number of hydrogen-bond donors (Lipinski definition) is 1. The van der Waals surface area contributed by atoms with Gasteiger partial charge in [-0.25, -0.2) is 0 Å². The molecule has 3 nitrogen and oxygen atoms in total. The molecular formula is C21H32N2O. The maximum atomic E-state index is 12.9. The van der Waals surface area contributed by atoms with Gasteiger partial charge in [-0.05, 0) is 81.1 Å². The highest BCUT2D eigenvalue weighted by Gasteiger charge is 2.34. The maximum absolute atomic E-state index is 12.9. The number of amides is 1. The van der Waals surface area contributed by atoms with E-state index in [9.17, 15) is 4.79 Å². The van der Waals surface area contributed by atoms with Crippen LogP contribution in [-0.4, -0.2) is 29.9 Å². The molecule has 1 amide bonds. The second-order valence-corrected chi connectivity index (χ2v) is 7.94. The predicted octanol–water partition coefficient (Wildman–Crippen LogP) is 3.82. The van der Waals surface area contributed by atoms with E-state index in [0.29, 0.717) is 30.2 Å². The lowest BCUT2D eigenvalue weighted by molar-refractivity contribution is -0.133. The quantitative estimate of drug-likeness (QED) is 0.861. The SMILES string of the molecule is Cc1ccc(CN(C(=O)CC(C)C2CCNCC2)C2CC2)cc1C. The summed E-state index contributed by atoms with van der Waals surface area (Å²) >= 11 is 0. The molecule has 1 N–H and O–H groups in total. The van der Waals surface area contributed by atoms with Gasteiger partial charge in [-0.1, -0.05) is 25.1 Å². The van der Waals surface area contributed by atoms with E-state index >= 15 is 0 Å². The fraction of sp³-hybridized carbons (Fsp3) is 0.667. The van der Waals surface area contributed by atoms with Crippen LogP contribution in [0.2, 0.25) is 0 Å². The third-order valence-electron chi connectivity index (χ3n) is 5.92. The largest absolute Gasteiger partial charge is 0.335 e. The van der Waals surface area contributed by atoms with Crippen molar-refractivity contribution in [2.45, 2.75) is 65.5 Å². The van der Waals surface area contributed by atoms with Gasteiger partial charge in [-0.3, -0.25) is 4.79 Å². The highest BCUT2D eigenvalue weighted by molar-refractivity contribution is 5.77. The molecule has 0 spiro atoms. The zero-order valence-electron chi connectivity index (χ0n) is 15.5. The Kier molecular flexibility index (Phi) is 5.60. The van der Waals surface area contributed by atoms with Crippen molar-refractivity contribution in [2.24, 2.45) is 11.8 Å². The Morgan fingerprint density at radius 1 is 1.17 bits per heavy atom. The van der Waals surface area contributed by atoms with Crippen molar-refractivity contribution in [1.82, 2.24) is 10.2 Å². The molecule has 1 aliphatic heterocycles. The number of carbonyl (C=O) groups is 1. The third-order valence-corrected chi connectivity index (χ3v) is 5.92. The summed E-state index contributed by atoms with van der Waals surface area (Å²) < 4.78 is 0. The van der Waals surface area contributed by atoms with E-state index in [1.54, 1.807) is 0 Å². The van der Waals surface area contributed by atoms with Crippen molar-refractivity contribution >= 4 is 5.91 Å². The van der Waals surface area contributed by atoms with Crippen molar-refractivity contribution in [3.05, 3.63) is 34.9 Å². The normalized spacial score (nSPS) is 20.0. The zero-order valence-corrected chi connectivity index (χ0v) is 15.5. The molecule has 2 aliphatic rings. The molecule has 2 fully saturated rings. The summed E-state index contributed by atoms with van der Waals surface area (Å²) in [5.41, 5.74) is 3.91. The maximum Gasteiger partial charge on any atom is 0.223 e. The highest BCUT2D eigenvalue weighted by atomic mass is 16.2. The van der Waals surface area contributed by atoms with Gasteiger partial charge < -0.3 is 10.2 Å². The summed E-state index contributed by atoms with van der Waals surface area (Å²) in [5, 5.41) is 3.42. The van der Waals surface area contributed by atoms with Crippen LogP contribution in [0.25, 0.3) is 0 Å². The van der Waals surface area contributed by atoms with E-state index in [0.717, 1.165) is 19.6 Å². The fourth-order valence-corrected chi connectivity index (χ4v) is 3.88. The number of aryl methyl sites for hydroxylation is 2. The average Bonchev–Trinajstić information content (AvgIpc) is 3.41. The molecule has 1 saturated heterocycles. The first-order valence-corrected chi connectivity index (χ1v) is 9.61. The molecule has 132 valence electrons. The molecule has 24 heavy (non-hydrogen) atoms. The summed E-state index contributed by atoms with van der Waals surface area (Å²) in [6, 6.07) is 7.09. The third kappa shape index (κ3) is 4.38. The van der Waals surface area contributed by atoms with Gasteiger partial charge in [0.05, 0.1) is 0 Å². The smallest absolute Gasteiger partial charge is 0.223 e. The van der Waals surface area contributed by atoms with E-state index in [1.165, 1.54) is 42.4 Å². The monoisotopic (exact) mass is 328 g/mol. The van der Waals surface area contributed by atoms with E-state index in [-0.39, 0.29) is 0 Å². The van der Waals surface area contributed by atoms with Gasteiger partial charge in [0.25, 0.3) is 0 Å². The molecule has 0 bridgehead atoms. The van der Waals surface area contributed by atoms with Crippen LogP contribution in [0.5, 0.6) is 0 Å². The van der Waals surface area contributed by atoms with Gasteiger partial charge in [0.15, 0.2) is 0 Å². The van der Waals surface area contributed by atoms with Crippen LogP contribution in [-0.2, 0) is 11.3 Å². The number of rotatable bonds is 6. The standard InChI is InChI=1S/C21H32N2O/c1-15-4-5-18(12-16(15)2)14-23(20-6-7-20)21(24)13-17(3)19-8-10-22-11-9-19/h4-5,12,17,19-20,22H,6-11,13-14H2,1-3H3. The van der Waals surface area contributed by atoms with Crippen molar-refractivity contribution < 1.29 is 4.79 Å². The Morgan fingerprint density at radius 3 is 2.50 bits per heavy atom. The van der Waals surface area contributed by atoms with Crippen LogP contribution < -0.4 is 5.32 Å². The van der Waals surface area contributed by atoms with Gasteiger partial charge in [0.1, 0.15) is 0 Å². The van der Waals surface area contributed by atoms with Crippen LogP contribution in [0.15, 0.2) is 18.2 Å². The Morgan fingerprint density at radius 2 is 1.88 bits per heavy atom. The van der Waals surface area contributed by atoms with Gasteiger partial charge >= 0.3 is 0 Å². The number of carbonyl (C=O) groups excluding carboxylic acids is 1. The summed E-state index contributed by atoms with van der Waals surface area (Å²) in [6.07, 6.45) is 5.51. The molecule has 3 heteroatoms. The van der Waals surface area contributed by atoms with Crippen LogP contribution in [0.3, 0.4) is 0 Å². The minimum atomic E-state index is 0.363. The topological polar surface area (TPSA) is 32.3 Å². The lowest BCUT2D eigenvalue weighted by Crippen LogP contribution is -2.36. The molecule has 1 atom stereocenters. The second-order valence-electron chi connectivity index (χ2n) is 7.94. The van der Waals surface area contributed by atoms with Crippen LogP contribution in [0.1, 0.15) is 55.7 Å². The van der Waals surface area contributed by atoms with Crippen molar-refractivity contribution in [2.75, 3.05) is 13.1 Å². The molecule has 1 saturated carbocycles. The number of nitrogens with zero attached hydrogens (tertiary/aromatic N) is 1. The van der Waals surface area contributed by atoms with Crippen molar-refractivity contribution in [3.63, 3.8) is 0 Å². The first-order valence-electron chi connectivity index (χ1n) is 9.61. The van der Waals surface area contributed by atoms with Gasteiger partial charge in [0, 0.05) is 19.0 Å². The summed E-state index contributed by atoms with van der Waals surface area (Å²) in [5.74, 6) is 1.57. The molecule has 1 aliphatic carbocycles. The van der Waals surface area contributed by atoms with Crippen molar-refractivity contribution in [3.8, 4) is 0 Å². The molecular weight excluding hydrogens is 296 g/mol. The molecule has 1 unspecified atom stereocenters. The molecule has 0 aromatic heterocycles. The van der Waals surface area contributed by atoms with Crippen LogP contribution in [0, 0.1) is 25.7 Å². The van der Waals surface area contributed by atoms with Gasteiger partial charge in [-0.15, -0.1) is 0 Å². The Balaban J connectivity index is 1.62. The first kappa shape index (κ1) is 17.5. The first-order chi connectivity index (χ1) is 11.5. The molecule has 1 heterocycles. The Hall–Kier alpha value is -1.35. The number of benzene rings is 1. The minimum absolute atomic E-state index is 0.363. The van der Waals surface area contributed by atoms with Crippen molar-refractivity contribution in [1.29, 1.82) is 0 Å². The molecule has 0 radical (unpaired) electrons. The van der Waals surface area contributed by atoms with Crippen LogP contribution in [0.4, 0.5) is 0 Å². The lowest BCUT2D eigenvalue weighted by atomic mass is 9.84. The average molecular weight is 329 g/mol. The number of hydrogen-bond acceptors (Lipinski definition) is 2. The molecule has 3 rings (SSSR count).